The molecule has 2 N–H and O–H groups in total. The number of nitrogens with zero attached hydrogens (tertiary/aromatic N) is 1. The first-order chi connectivity index (χ1) is 5.15. The highest BCUT2D eigenvalue weighted by molar-refractivity contribution is 5.17. The Morgan fingerprint density at radius 1 is 1.64 bits per heavy atom. The zero-order chi connectivity index (χ0) is 8.43. The van der Waals surface area contributed by atoms with Crippen LogP contribution in [0, 0.1) is 6.92 Å². The summed E-state index contributed by atoms with van der Waals surface area (Å²) in [6.45, 7) is 2.26. The maximum absolute atomic E-state index is 11.2. The summed E-state index contributed by atoms with van der Waals surface area (Å²) in [6.07, 6.45) is 1.79. The fourth-order valence-electron chi connectivity index (χ4n) is 1.11. The fourth-order valence-corrected chi connectivity index (χ4v) is 1.11. The molecule has 60 valence electrons. The second-order valence-corrected chi connectivity index (χ2v) is 2.66. The second kappa shape index (κ2) is 2.88. The quantitative estimate of drug-likeness (QED) is 0.622. The molecule has 0 saturated carbocycles. The van der Waals surface area contributed by atoms with E-state index in [2.05, 4.69) is 0 Å². The molecule has 3 nitrogen and oxygen atoms in total. The van der Waals surface area contributed by atoms with Gasteiger partial charge >= 0.3 is 0 Å². The third-order valence-corrected chi connectivity index (χ3v) is 1.61. The Morgan fingerprint density at radius 2 is 2.27 bits per heavy atom. The van der Waals surface area contributed by atoms with E-state index in [0.29, 0.717) is 12.1 Å². The van der Waals surface area contributed by atoms with Crippen LogP contribution in [-0.4, -0.2) is 4.57 Å². The normalized spacial score (nSPS) is 10.1. The molecule has 0 aliphatic heterocycles. The highest BCUT2D eigenvalue weighted by Gasteiger charge is 1.98. The smallest absolute Gasteiger partial charge is 0.254 e. The van der Waals surface area contributed by atoms with E-state index < -0.39 is 0 Å². The summed E-state index contributed by atoms with van der Waals surface area (Å²) in [5.41, 5.74) is 7.11. The van der Waals surface area contributed by atoms with Crippen molar-refractivity contribution in [1.29, 1.82) is 0 Å². The van der Waals surface area contributed by atoms with Crippen molar-refractivity contribution in [2.45, 2.75) is 13.5 Å². The molecule has 1 aromatic rings. The molecule has 11 heavy (non-hydrogen) atoms. The van der Waals surface area contributed by atoms with E-state index in [4.69, 9.17) is 5.73 Å². The van der Waals surface area contributed by atoms with Gasteiger partial charge in [-0.15, -0.1) is 0 Å². The maximum atomic E-state index is 11.2. The average molecular weight is 152 g/mol. The van der Waals surface area contributed by atoms with Gasteiger partial charge in [-0.05, 0) is 18.6 Å². The Hall–Kier alpha value is -1.09. The van der Waals surface area contributed by atoms with Crippen LogP contribution in [0.3, 0.4) is 0 Å². The predicted octanol–water partition coefficient (Wildman–Crippen LogP) is 0.152. The lowest BCUT2D eigenvalue weighted by Gasteiger charge is -2.02. The highest BCUT2D eigenvalue weighted by atomic mass is 16.1. The van der Waals surface area contributed by atoms with E-state index in [1.807, 2.05) is 13.0 Å². The Morgan fingerprint density at radius 3 is 2.82 bits per heavy atom. The molecule has 0 atom stereocenters. The molecule has 0 amide bonds. The molecule has 1 rings (SSSR count). The first-order valence-electron chi connectivity index (χ1n) is 3.51. The Labute approximate surface area is 65.5 Å². The number of aromatic nitrogens is 1. The first kappa shape index (κ1) is 8.01. The molecule has 0 aliphatic rings. The van der Waals surface area contributed by atoms with Gasteiger partial charge in [0.15, 0.2) is 0 Å². The summed E-state index contributed by atoms with van der Waals surface area (Å²) in [7, 11) is 1.73. The molecular formula is C8H12N2O. The summed E-state index contributed by atoms with van der Waals surface area (Å²) in [5.74, 6) is 0. The van der Waals surface area contributed by atoms with Crippen LogP contribution in [0.1, 0.15) is 11.1 Å². The zero-order valence-electron chi connectivity index (χ0n) is 6.79. The fraction of sp³-hybridized carbons (Fsp3) is 0.375. The molecule has 0 aliphatic carbocycles. The molecule has 1 aromatic heterocycles. The first-order valence-corrected chi connectivity index (χ1v) is 3.51. The lowest BCUT2D eigenvalue weighted by molar-refractivity contribution is 0.822. The average Bonchev–Trinajstić information content (AvgIpc) is 1.96. The number of hydrogen-bond donors (Lipinski definition) is 1. The Kier molecular flexibility index (Phi) is 2.10. The molecule has 0 fully saturated rings. The largest absolute Gasteiger partial charge is 0.326 e. The van der Waals surface area contributed by atoms with E-state index in [-0.39, 0.29) is 5.56 Å². The van der Waals surface area contributed by atoms with E-state index in [9.17, 15) is 4.79 Å². The van der Waals surface area contributed by atoms with Crippen molar-refractivity contribution in [3.63, 3.8) is 0 Å². The predicted molar refractivity (Wildman–Crippen MR) is 44.3 cm³/mol. The van der Waals surface area contributed by atoms with E-state index in [1.54, 1.807) is 17.8 Å². The summed E-state index contributed by atoms with van der Waals surface area (Å²) in [6, 6.07) is 1.82. The van der Waals surface area contributed by atoms with Gasteiger partial charge in [0, 0.05) is 25.4 Å². The van der Waals surface area contributed by atoms with Crippen LogP contribution >= 0.6 is 0 Å². The van der Waals surface area contributed by atoms with E-state index >= 15 is 0 Å². The number of pyridine rings is 1. The van der Waals surface area contributed by atoms with Gasteiger partial charge in [0.1, 0.15) is 0 Å². The standard InChI is InChI=1S/C8H12N2O/c1-6-3-7(4-9)8(11)10(2)5-6/h3,5H,4,9H2,1-2H3. The van der Waals surface area contributed by atoms with Crippen LogP contribution in [0.25, 0.3) is 0 Å². The molecule has 0 aromatic carbocycles. The van der Waals surface area contributed by atoms with Crippen LogP contribution in [0.4, 0.5) is 0 Å². The van der Waals surface area contributed by atoms with Gasteiger partial charge in [-0.1, -0.05) is 0 Å². The summed E-state index contributed by atoms with van der Waals surface area (Å²) < 4.78 is 1.55. The van der Waals surface area contributed by atoms with Crippen molar-refractivity contribution in [3.05, 3.63) is 33.7 Å². The summed E-state index contributed by atoms with van der Waals surface area (Å²) in [4.78, 5) is 11.2. The van der Waals surface area contributed by atoms with Gasteiger partial charge in [0.25, 0.3) is 5.56 Å². The number of rotatable bonds is 1. The van der Waals surface area contributed by atoms with E-state index in [0.717, 1.165) is 5.56 Å². The van der Waals surface area contributed by atoms with Crippen molar-refractivity contribution >= 4 is 0 Å². The second-order valence-electron chi connectivity index (χ2n) is 2.66. The lowest BCUT2D eigenvalue weighted by Crippen LogP contribution is -2.22. The molecule has 0 unspecified atom stereocenters. The third-order valence-electron chi connectivity index (χ3n) is 1.61. The Balaban J connectivity index is 3.37. The molecule has 0 bridgehead atoms. The molecule has 0 spiro atoms. The SMILES string of the molecule is Cc1cc(CN)c(=O)n(C)c1. The molecule has 1 heterocycles. The van der Waals surface area contributed by atoms with Gasteiger partial charge in [-0.3, -0.25) is 4.79 Å². The van der Waals surface area contributed by atoms with Crippen molar-refractivity contribution in [3.8, 4) is 0 Å². The van der Waals surface area contributed by atoms with Crippen molar-refractivity contribution in [2.75, 3.05) is 0 Å². The van der Waals surface area contributed by atoms with E-state index in [1.165, 1.54) is 0 Å². The van der Waals surface area contributed by atoms with Crippen LogP contribution in [0.2, 0.25) is 0 Å². The third kappa shape index (κ3) is 1.49. The topological polar surface area (TPSA) is 48.0 Å². The van der Waals surface area contributed by atoms with Crippen LogP contribution in [-0.2, 0) is 13.6 Å². The van der Waals surface area contributed by atoms with Crippen LogP contribution < -0.4 is 11.3 Å². The van der Waals surface area contributed by atoms with Crippen LogP contribution in [0.15, 0.2) is 17.1 Å². The molecule has 3 heteroatoms. The maximum Gasteiger partial charge on any atom is 0.254 e. The minimum absolute atomic E-state index is 0.00176. The van der Waals surface area contributed by atoms with Crippen molar-refractivity contribution in [2.24, 2.45) is 12.8 Å². The van der Waals surface area contributed by atoms with Gasteiger partial charge < -0.3 is 10.3 Å². The monoisotopic (exact) mass is 152 g/mol. The number of hydrogen-bond acceptors (Lipinski definition) is 2. The van der Waals surface area contributed by atoms with Gasteiger partial charge in [0.2, 0.25) is 0 Å². The zero-order valence-corrected chi connectivity index (χ0v) is 6.79. The lowest BCUT2D eigenvalue weighted by atomic mass is 10.2. The number of aryl methyl sites for hydroxylation is 2. The van der Waals surface area contributed by atoms with Gasteiger partial charge in [-0.25, -0.2) is 0 Å². The molecular weight excluding hydrogens is 140 g/mol. The summed E-state index contributed by atoms with van der Waals surface area (Å²) >= 11 is 0. The Bertz CT molecular complexity index is 314. The minimum atomic E-state index is -0.00176. The van der Waals surface area contributed by atoms with Crippen molar-refractivity contribution in [1.82, 2.24) is 4.57 Å². The number of nitrogens with two attached hydrogens (primary N) is 1. The van der Waals surface area contributed by atoms with Crippen LogP contribution in [0.5, 0.6) is 0 Å². The minimum Gasteiger partial charge on any atom is -0.326 e. The summed E-state index contributed by atoms with van der Waals surface area (Å²) in [5, 5.41) is 0. The molecule has 0 saturated heterocycles. The van der Waals surface area contributed by atoms with Gasteiger partial charge in [-0.2, -0.15) is 0 Å². The van der Waals surface area contributed by atoms with Gasteiger partial charge in [0.05, 0.1) is 0 Å². The molecule has 0 radical (unpaired) electrons. The van der Waals surface area contributed by atoms with Crippen molar-refractivity contribution < 1.29 is 0 Å². The highest BCUT2D eigenvalue weighted by Crippen LogP contribution is 1.95.